The number of nitrogens with zero attached hydrogens (tertiary/aromatic N) is 2. The molecule has 1 aromatic carbocycles. The second-order valence-electron chi connectivity index (χ2n) is 5.34. The summed E-state index contributed by atoms with van der Waals surface area (Å²) in [6.07, 6.45) is 6.59. The summed E-state index contributed by atoms with van der Waals surface area (Å²) in [5, 5.41) is 3.56. The van der Waals surface area contributed by atoms with Crippen molar-refractivity contribution in [2.45, 2.75) is 45.8 Å². The van der Waals surface area contributed by atoms with Gasteiger partial charge in [0.05, 0.1) is 0 Å². The second-order valence-corrected chi connectivity index (χ2v) is 5.34. The molecule has 0 spiro atoms. The predicted octanol–water partition coefficient (Wildman–Crippen LogP) is 3.13. The summed E-state index contributed by atoms with van der Waals surface area (Å²) in [5.74, 6) is 1.07. The Morgan fingerprint density at radius 2 is 2.21 bits per heavy atom. The highest BCUT2D eigenvalue weighted by Gasteiger charge is 2.20. The first kappa shape index (κ1) is 12.4. The lowest BCUT2D eigenvalue weighted by molar-refractivity contribution is 0.687. The number of aryl methyl sites for hydroxylation is 2. The van der Waals surface area contributed by atoms with Gasteiger partial charge in [0.25, 0.3) is 0 Å². The highest BCUT2D eigenvalue weighted by molar-refractivity contribution is 5.61. The van der Waals surface area contributed by atoms with Crippen LogP contribution in [0.2, 0.25) is 0 Å². The summed E-state index contributed by atoms with van der Waals surface area (Å²) in [4.78, 5) is 4.48. The van der Waals surface area contributed by atoms with Gasteiger partial charge in [-0.3, -0.25) is 0 Å². The Morgan fingerprint density at radius 1 is 1.37 bits per heavy atom. The van der Waals surface area contributed by atoms with Crippen molar-refractivity contribution in [3.63, 3.8) is 0 Å². The highest BCUT2D eigenvalue weighted by atomic mass is 15.1. The monoisotopic (exact) mass is 255 g/mol. The number of aromatic nitrogens is 2. The molecule has 1 saturated carbocycles. The van der Waals surface area contributed by atoms with Gasteiger partial charge in [-0.05, 0) is 37.8 Å². The van der Waals surface area contributed by atoms with Gasteiger partial charge in [-0.25, -0.2) is 4.98 Å². The minimum Gasteiger partial charge on any atom is -0.331 e. The number of hydrogen-bond acceptors (Lipinski definition) is 2. The minimum absolute atomic E-state index is 0.763. The molecule has 1 aromatic heterocycles. The molecule has 1 aliphatic carbocycles. The molecule has 0 aliphatic heterocycles. The van der Waals surface area contributed by atoms with Crippen molar-refractivity contribution in [3.05, 3.63) is 41.7 Å². The first-order chi connectivity index (χ1) is 9.28. The fraction of sp³-hybridized carbons (Fsp3) is 0.438. The van der Waals surface area contributed by atoms with Crippen molar-refractivity contribution in [2.75, 3.05) is 0 Å². The van der Waals surface area contributed by atoms with E-state index in [-0.39, 0.29) is 0 Å². The van der Waals surface area contributed by atoms with Crippen LogP contribution in [0.5, 0.6) is 0 Å². The molecule has 1 N–H and O–H groups in total. The average Bonchev–Trinajstić information content (AvgIpc) is 3.13. The fourth-order valence-electron chi connectivity index (χ4n) is 2.44. The highest BCUT2D eigenvalue weighted by Crippen LogP contribution is 2.24. The Labute approximate surface area is 114 Å². The third-order valence-electron chi connectivity index (χ3n) is 3.76. The number of benzene rings is 1. The van der Waals surface area contributed by atoms with Gasteiger partial charge in [0.1, 0.15) is 5.82 Å². The average molecular weight is 255 g/mol. The van der Waals surface area contributed by atoms with Crippen LogP contribution in [0, 0.1) is 6.92 Å². The van der Waals surface area contributed by atoms with Crippen LogP contribution < -0.4 is 5.32 Å². The molecule has 0 amide bonds. The van der Waals surface area contributed by atoms with Crippen LogP contribution in [-0.2, 0) is 13.1 Å². The lowest BCUT2D eigenvalue weighted by Gasteiger charge is -2.10. The van der Waals surface area contributed by atoms with Crippen molar-refractivity contribution in [1.29, 1.82) is 0 Å². The van der Waals surface area contributed by atoms with Gasteiger partial charge in [-0.15, -0.1) is 0 Å². The molecule has 3 nitrogen and oxygen atoms in total. The largest absolute Gasteiger partial charge is 0.331 e. The molecule has 3 heteroatoms. The minimum atomic E-state index is 0.763. The van der Waals surface area contributed by atoms with Gasteiger partial charge in [0, 0.05) is 37.1 Å². The summed E-state index contributed by atoms with van der Waals surface area (Å²) in [7, 11) is 0. The number of imidazole rings is 1. The molecular formula is C16H21N3. The summed E-state index contributed by atoms with van der Waals surface area (Å²) < 4.78 is 2.18. The number of hydrogen-bond donors (Lipinski definition) is 1. The Bertz CT molecular complexity index is 567. The zero-order valence-corrected chi connectivity index (χ0v) is 11.7. The maximum absolute atomic E-state index is 4.48. The molecule has 3 rings (SSSR count). The van der Waals surface area contributed by atoms with Crippen LogP contribution in [0.3, 0.4) is 0 Å². The van der Waals surface area contributed by atoms with Gasteiger partial charge in [-0.2, -0.15) is 0 Å². The SMILES string of the molecule is CCn1ccnc1-c1ccc(CNC2CC2)cc1C. The topological polar surface area (TPSA) is 29.9 Å². The summed E-state index contributed by atoms with van der Waals surface area (Å²) in [6, 6.07) is 7.46. The van der Waals surface area contributed by atoms with Crippen molar-refractivity contribution in [3.8, 4) is 11.4 Å². The molecule has 0 unspecified atom stereocenters. The molecule has 19 heavy (non-hydrogen) atoms. The third-order valence-corrected chi connectivity index (χ3v) is 3.76. The standard InChI is InChI=1S/C16H21N3/c1-3-19-9-8-17-16(19)15-7-4-13(10-12(15)2)11-18-14-5-6-14/h4,7-10,14,18H,3,5-6,11H2,1-2H3. The van der Waals surface area contributed by atoms with Crippen LogP contribution in [-0.4, -0.2) is 15.6 Å². The Morgan fingerprint density at radius 3 is 2.89 bits per heavy atom. The molecule has 2 aromatic rings. The number of nitrogens with one attached hydrogen (secondary N) is 1. The van der Waals surface area contributed by atoms with E-state index in [2.05, 4.69) is 46.9 Å². The smallest absolute Gasteiger partial charge is 0.140 e. The van der Waals surface area contributed by atoms with Crippen LogP contribution in [0.1, 0.15) is 30.9 Å². The van der Waals surface area contributed by atoms with Crippen LogP contribution in [0.4, 0.5) is 0 Å². The molecular weight excluding hydrogens is 234 g/mol. The maximum Gasteiger partial charge on any atom is 0.140 e. The van der Waals surface area contributed by atoms with Crippen LogP contribution in [0.25, 0.3) is 11.4 Å². The van der Waals surface area contributed by atoms with E-state index >= 15 is 0 Å². The lowest BCUT2D eigenvalue weighted by atomic mass is 10.0. The van der Waals surface area contributed by atoms with Gasteiger partial charge in [-0.1, -0.05) is 18.2 Å². The van der Waals surface area contributed by atoms with Gasteiger partial charge >= 0.3 is 0 Å². The lowest BCUT2D eigenvalue weighted by Crippen LogP contribution is -2.15. The van der Waals surface area contributed by atoms with E-state index in [1.54, 1.807) is 0 Å². The maximum atomic E-state index is 4.48. The van der Waals surface area contributed by atoms with E-state index < -0.39 is 0 Å². The third kappa shape index (κ3) is 2.71. The molecule has 0 saturated heterocycles. The molecule has 0 radical (unpaired) electrons. The zero-order chi connectivity index (χ0) is 13.2. The quantitative estimate of drug-likeness (QED) is 0.889. The predicted molar refractivity (Wildman–Crippen MR) is 77.9 cm³/mol. The van der Waals surface area contributed by atoms with E-state index in [1.165, 1.54) is 29.5 Å². The van der Waals surface area contributed by atoms with E-state index in [4.69, 9.17) is 0 Å². The molecule has 1 heterocycles. The summed E-state index contributed by atoms with van der Waals surface area (Å²) >= 11 is 0. The Hall–Kier alpha value is -1.61. The van der Waals surface area contributed by atoms with Crippen LogP contribution >= 0.6 is 0 Å². The number of rotatable bonds is 5. The van der Waals surface area contributed by atoms with E-state index in [9.17, 15) is 0 Å². The van der Waals surface area contributed by atoms with E-state index in [1.807, 2.05) is 12.4 Å². The van der Waals surface area contributed by atoms with Crippen molar-refractivity contribution in [2.24, 2.45) is 0 Å². The van der Waals surface area contributed by atoms with E-state index in [0.717, 1.165) is 25.0 Å². The Balaban J connectivity index is 1.82. The van der Waals surface area contributed by atoms with Crippen LogP contribution in [0.15, 0.2) is 30.6 Å². The summed E-state index contributed by atoms with van der Waals surface area (Å²) in [6.45, 7) is 6.26. The molecule has 1 fully saturated rings. The molecule has 0 atom stereocenters. The fourth-order valence-corrected chi connectivity index (χ4v) is 2.44. The first-order valence-electron chi connectivity index (χ1n) is 7.12. The van der Waals surface area contributed by atoms with Gasteiger partial charge < -0.3 is 9.88 Å². The van der Waals surface area contributed by atoms with Crippen molar-refractivity contribution in [1.82, 2.24) is 14.9 Å². The van der Waals surface area contributed by atoms with Gasteiger partial charge in [0.2, 0.25) is 0 Å². The summed E-state index contributed by atoms with van der Waals surface area (Å²) in [5.41, 5.74) is 3.90. The van der Waals surface area contributed by atoms with Gasteiger partial charge in [0.15, 0.2) is 0 Å². The molecule has 1 aliphatic rings. The second kappa shape index (κ2) is 5.17. The molecule has 0 bridgehead atoms. The van der Waals surface area contributed by atoms with E-state index in [0.29, 0.717) is 0 Å². The first-order valence-corrected chi connectivity index (χ1v) is 7.12. The van der Waals surface area contributed by atoms with Crippen molar-refractivity contribution >= 4 is 0 Å². The normalized spacial score (nSPS) is 14.8. The molecule has 100 valence electrons. The zero-order valence-electron chi connectivity index (χ0n) is 11.7. The van der Waals surface area contributed by atoms with Crippen molar-refractivity contribution < 1.29 is 0 Å². The Kier molecular flexibility index (Phi) is 3.38.